The summed E-state index contributed by atoms with van der Waals surface area (Å²) in [6, 6.07) is 6.77. The molecule has 120 valence electrons. The molecule has 1 aromatic rings. The van der Waals surface area contributed by atoms with Crippen LogP contribution >= 0.6 is 11.8 Å². The summed E-state index contributed by atoms with van der Waals surface area (Å²) < 4.78 is 5.09. The molecule has 1 aliphatic heterocycles. The van der Waals surface area contributed by atoms with E-state index in [-0.39, 0.29) is 17.7 Å². The molecule has 5 nitrogen and oxygen atoms in total. The Hall–Kier alpha value is -1.69. The molecule has 1 saturated heterocycles. The molecule has 22 heavy (non-hydrogen) atoms. The van der Waals surface area contributed by atoms with Gasteiger partial charge in [0.15, 0.2) is 0 Å². The van der Waals surface area contributed by atoms with E-state index in [1.165, 1.54) is 0 Å². The summed E-state index contributed by atoms with van der Waals surface area (Å²) in [5, 5.41) is 2.88. The third kappa shape index (κ3) is 3.74. The smallest absolute Gasteiger partial charge is 0.248 e. The van der Waals surface area contributed by atoms with Crippen molar-refractivity contribution in [2.45, 2.75) is 26.3 Å². The first-order valence-corrected chi connectivity index (χ1v) is 8.55. The maximum atomic E-state index is 12.4. The highest BCUT2D eigenvalue weighted by Crippen LogP contribution is 2.25. The van der Waals surface area contributed by atoms with Crippen LogP contribution in [0.4, 0.5) is 5.69 Å². The van der Waals surface area contributed by atoms with Crippen molar-refractivity contribution < 1.29 is 14.3 Å². The van der Waals surface area contributed by atoms with Crippen LogP contribution < -0.4 is 10.1 Å². The second kappa shape index (κ2) is 7.54. The van der Waals surface area contributed by atoms with E-state index in [0.717, 1.165) is 12.2 Å². The highest BCUT2D eigenvalue weighted by Gasteiger charge is 2.35. The van der Waals surface area contributed by atoms with Gasteiger partial charge in [-0.25, -0.2) is 0 Å². The van der Waals surface area contributed by atoms with Gasteiger partial charge >= 0.3 is 0 Å². The average Bonchev–Trinajstić information content (AvgIpc) is 3.03. The van der Waals surface area contributed by atoms with E-state index >= 15 is 0 Å². The minimum atomic E-state index is -0.395. The van der Waals surface area contributed by atoms with Crippen LogP contribution in [0.15, 0.2) is 24.3 Å². The quantitative estimate of drug-likeness (QED) is 0.905. The molecule has 0 aromatic heterocycles. The fourth-order valence-corrected chi connectivity index (χ4v) is 3.40. The summed E-state index contributed by atoms with van der Waals surface area (Å²) in [6.07, 6.45) is 0.785. The molecule has 1 aromatic carbocycles. The lowest BCUT2D eigenvalue weighted by Crippen LogP contribution is -2.46. The van der Waals surface area contributed by atoms with Crippen LogP contribution in [0.25, 0.3) is 0 Å². The number of carbonyl (C=O) groups is 2. The molecule has 2 unspecified atom stereocenters. The standard InChI is InChI=1S/C16H22N2O3S/c1-4-11(2)16(20)18-10-22-9-14(18)15(19)17-12-5-7-13(21-3)8-6-12/h5-8,11,14H,4,9-10H2,1-3H3,(H,17,19). The van der Waals surface area contributed by atoms with Gasteiger partial charge in [0.2, 0.25) is 11.8 Å². The number of thioether (sulfide) groups is 1. The Morgan fingerprint density at radius 2 is 2.09 bits per heavy atom. The van der Waals surface area contributed by atoms with Crippen LogP contribution in [-0.4, -0.2) is 41.5 Å². The third-order valence-electron chi connectivity index (χ3n) is 3.86. The highest BCUT2D eigenvalue weighted by molar-refractivity contribution is 7.99. The normalized spacial score (nSPS) is 18.9. The van der Waals surface area contributed by atoms with Gasteiger partial charge in [-0.2, -0.15) is 0 Å². The third-order valence-corrected chi connectivity index (χ3v) is 4.87. The van der Waals surface area contributed by atoms with Crippen molar-refractivity contribution in [2.75, 3.05) is 24.1 Å². The fourth-order valence-electron chi connectivity index (χ4n) is 2.23. The van der Waals surface area contributed by atoms with Gasteiger partial charge in [0, 0.05) is 17.4 Å². The molecule has 1 heterocycles. The van der Waals surface area contributed by atoms with Crippen molar-refractivity contribution in [1.29, 1.82) is 0 Å². The van der Waals surface area contributed by atoms with Gasteiger partial charge in [-0.15, -0.1) is 11.8 Å². The number of carbonyl (C=O) groups excluding carboxylic acids is 2. The number of anilines is 1. The van der Waals surface area contributed by atoms with Gasteiger partial charge in [0.25, 0.3) is 0 Å². The lowest BCUT2D eigenvalue weighted by Gasteiger charge is -2.25. The zero-order valence-corrected chi connectivity index (χ0v) is 14.0. The van der Waals surface area contributed by atoms with Crippen LogP contribution in [0.1, 0.15) is 20.3 Å². The molecule has 2 atom stereocenters. The van der Waals surface area contributed by atoms with Gasteiger partial charge < -0.3 is 15.0 Å². The summed E-state index contributed by atoms with van der Waals surface area (Å²) in [7, 11) is 1.60. The summed E-state index contributed by atoms with van der Waals surface area (Å²) in [6.45, 7) is 3.89. The topological polar surface area (TPSA) is 58.6 Å². The maximum absolute atomic E-state index is 12.4. The SMILES string of the molecule is CCC(C)C(=O)N1CSCC1C(=O)Nc1ccc(OC)cc1. The highest BCUT2D eigenvalue weighted by atomic mass is 32.2. The molecule has 0 spiro atoms. The van der Waals surface area contributed by atoms with Crippen molar-refractivity contribution in [1.82, 2.24) is 4.90 Å². The number of benzene rings is 1. The maximum Gasteiger partial charge on any atom is 0.248 e. The van der Waals surface area contributed by atoms with E-state index in [4.69, 9.17) is 4.74 Å². The van der Waals surface area contributed by atoms with Crippen LogP contribution in [0.2, 0.25) is 0 Å². The van der Waals surface area contributed by atoms with Crippen molar-refractivity contribution in [2.24, 2.45) is 5.92 Å². The zero-order chi connectivity index (χ0) is 16.1. The predicted octanol–water partition coefficient (Wildman–Crippen LogP) is 2.58. The molecule has 0 bridgehead atoms. The number of hydrogen-bond acceptors (Lipinski definition) is 4. The van der Waals surface area contributed by atoms with E-state index in [9.17, 15) is 9.59 Å². The van der Waals surface area contributed by atoms with E-state index < -0.39 is 6.04 Å². The molecule has 6 heteroatoms. The van der Waals surface area contributed by atoms with Gasteiger partial charge in [0.05, 0.1) is 13.0 Å². The first-order valence-electron chi connectivity index (χ1n) is 7.40. The van der Waals surface area contributed by atoms with E-state index in [1.54, 1.807) is 48.0 Å². The van der Waals surface area contributed by atoms with Crippen LogP contribution in [0.5, 0.6) is 5.75 Å². The number of methoxy groups -OCH3 is 1. The van der Waals surface area contributed by atoms with Gasteiger partial charge in [-0.1, -0.05) is 13.8 Å². The van der Waals surface area contributed by atoms with Crippen molar-refractivity contribution in [3.05, 3.63) is 24.3 Å². The monoisotopic (exact) mass is 322 g/mol. The Balaban J connectivity index is 2.02. The molecule has 1 fully saturated rings. The van der Waals surface area contributed by atoms with E-state index in [1.807, 2.05) is 13.8 Å². The number of rotatable bonds is 5. The average molecular weight is 322 g/mol. The number of amides is 2. The second-order valence-corrected chi connectivity index (χ2v) is 6.35. The van der Waals surface area contributed by atoms with Gasteiger partial charge in [0.1, 0.15) is 11.8 Å². The van der Waals surface area contributed by atoms with Crippen LogP contribution in [-0.2, 0) is 9.59 Å². The Bertz CT molecular complexity index is 533. The van der Waals surface area contributed by atoms with Crippen LogP contribution in [0.3, 0.4) is 0 Å². The molecular weight excluding hydrogens is 300 g/mol. The van der Waals surface area contributed by atoms with E-state index in [0.29, 0.717) is 17.3 Å². The minimum Gasteiger partial charge on any atom is -0.497 e. The van der Waals surface area contributed by atoms with Crippen molar-refractivity contribution in [3.63, 3.8) is 0 Å². The minimum absolute atomic E-state index is 0.0463. The molecule has 0 saturated carbocycles. The Morgan fingerprint density at radius 1 is 1.41 bits per heavy atom. The zero-order valence-electron chi connectivity index (χ0n) is 13.2. The number of ether oxygens (including phenoxy) is 1. The first kappa shape index (κ1) is 16.7. The lowest BCUT2D eigenvalue weighted by atomic mass is 10.1. The summed E-state index contributed by atoms with van der Waals surface area (Å²) in [5.74, 6) is 1.85. The second-order valence-electron chi connectivity index (χ2n) is 5.35. The molecule has 0 aliphatic carbocycles. The predicted molar refractivity (Wildman–Crippen MR) is 89.0 cm³/mol. The Kier molecular flexibility index (Phi) is 5.71. The molecule has 2 rings (SSSR count). The summed E-state index contributed by atoms with van der Waals surface area (Å²) in [5.41, 5.74) is 0.707. The van der Waals surface area contributed by atoms with Gasteiger partial charge in [-0.05, 0) is 30.7 Å². The Labute approximate surface area is 135 Å². The van der Waals surface area contributed by atoms with Crippen molar-refractivity contribution in [3.8, 4) is 5.75 Å². The number of hydrogen-bond donors (Lipinski definition) is 1. The molecule has 2 amide bonds. The summed E-state index contributed by atoms with van der Waals surface area (Å²) in [4.78, 5) is 26.5. The molecule has 1 aliphatic rings. The number of nitrogens with one attached hydrogen (secondary N) is 1. The van der Waals surface area contributed by atoms with Gasteiger partial charge in [-0.3, -0.25) is 9.59 Å². The van der Waals surface area contributed by atoms with E-state index in [2.05, 4.69) is 5.32 Å². The van der Waals surface area contributed by atoms with Crippen LogP contribution in [0, 0.1) is 5.92 Å². The largest absolute Gasteiger partial charge is 0.497 e. The number of nitrogens with zero attached hydrogens (tertiary/aromatic N) is 1. The lowest BCUT2D eigenvalue weighted by molar-refractivity contribution is -0.139. The molecular formula is C16H22N2O3S. The first-order chi connectivity index (χ1) is 10.6. The fraction of sp³-hybridized carbons (Fsp3) is 0.500. The molecule has 1 N–H and O–H groups in total. The Morgan fingerprint density at radius 3 is 2.68 bits per heavy atom. The molecule has 0 radical (unpaired) electrons. The van der Waals surface area contributed by atoms with Crippen molar-refractivity contribution >= 4 is 29.3 Å². The summed E-state index contributed by atoms with van der Waals surface area (Å²) >= 11 is 1.62.